The van der Waals surface area contributed by atoms with Gasteiger partial charge in [-0.05, 0) is 52.6 Å². The summed E-state index contributed by atoms with van der Waals surface area (Å²) in [5, 5.41) is 12.2. The zero-order valence-corrected chi connectivity index (χ0v) is 9.88. The molecule has 0 aromatic carbocycles. The molecule has 1 aliphatic rings. The number of nitrogens with zero attached hydrogens (tertiary/aromatic N) is 1. The van der Waals surface area contributed by atoms with Gasteiger partial charge >= 0.3 is 0 Å². The van der Waals surface area contributed by atoms with Gasteiger partial charge in [0.2, 0.25) is 0 Å². The van der Waals surface area contributed by atoms with Gasteiger partial charge in [-0.25, -0.2) is 0 Å². The number of nitriles is 1. The average Bonchev–Trinajstić information content (AvgIpc) is 2.70. The lowest BCUT2D eigenvalue weighted by atomic mass is 9.91. The second-order valence-corrected chi connectivity index (χ2v) is 4.92. The molecule has 1 aliphatic heterocycles. The minimum absolute atomic E-state index is 0.198. The smallest absolute Gasteiger partial charge is 0.0684 e. The molecule has 86 valence electrons. The maximum atomic E-state index is 8.83. The van der Waals surface area contributed by atoms with Crippen molar-refractivity contribution in [2.75, 3.05) is 19.7 Å². The number of nitrogens with one attached hydrogen (secondary N) is 1. The molecule has 0 radical (unpaired) electrons. The van der Waals surface area contributed by atoms with Crippen molar-refractivity contribution in [3.05, 3.63) is 0 Å². The Morgan fingerprint density at radius 1 is 1.47 bits per heavy atom. The van der Waals surface area contributed by atoms with Gasteiger partial charge in [-0.15, -0.1) is 0 Å². The third-order valence-corrected chi connectivity index (χ3v) is 2.90. The molecule has 1 heterocycles. The van der Waals surface area contributed by atoms with Crippen LogP contribution >= 0.6 is 0 Å². The lowest BCUT2D eigenvalue weighted by molar-refractivity contribution is 0.104. The van der Waals surface area contributed by atoms with E-state index < -0.39 is 0 Å². The molecule has 1 fully saturated rings. The van der Waals surface area contributed by atoms with Crippen molar-refractivity contribution < 1.29 is 4.74 Å². The first kappa shape index (κ1) is 12.5. The van der Waals surface area contributed by atoms with E-state index in [9.17, 15) is 0 Å². The van der Waals surface area contributed by atoms with E-state index in [0.29, 0.717) is 6.10 Å². The molecule has 3 nitrogen and oxygen atoms in total. The Bertz CT molecular complexity index is 214. The summed E-state index contributed by atoms with van der Waals surface area (Å²) in [7, 11) is 0. The van der Waals surface area contributed by atoms with E-state index in [1.807, 2.05) is 13.8 Å². The minimum Gasteiger partial charge on any atom is -0.378 e. The molecule has 0 aromatic heterocycles. The Morgan fingerprint density at radius 2 is 2.27 bits per heavy atom. The summed E-state index contributed by atoms with van der Waals surface area (Å²) in [5.74, 6) is 0. The van der Waals surface area contributed by atoms with Gasteiger partial charge in [-0.2, -0.15) is 5.26 Å². The Kier molecular flexibility index (Phi) is 5.07. The molecule has 1 unspecified atom stereocenters. The van der Waals surface area contributed by atoms with Crippen molar-refractivity contribution in [1.29, 1.82) is 5.26 Å². The largest absolute Gasteiger partial charge is 0.378 e. The first-order valence-electron chi connectivity index (χ1n) is 5.88. The van der Waals surface area contributed by atoms with Gasteiger partial charge in [0.1, 0.15) is 0 Å². The number of hydrogen-bond donors (Lipinski definition) is 1. The fourth-order valence-corrected chi connectivity index (χ4v) is 1.72. The first-order valence-corrected chi connectivity index (χ1v) is 5.88. The van der Waals surface area contributed by atoms with Gasteiger partial charge in [-0.1, -0.05) is 0 Å². The standard InChI is InChI=1S/C12H22N2O/c1-12(2,10-13)6-8-14-7-5-11-4-3-9-15-11/h11,14H,3-9H2,1-2H3. The summed E-state index contributed by atoms with van der Waals surface area (Å²) in [6.07, 6.45) is 4.92. The maximum Gasteiger partial charge on any atom is 0.0684 e. The van der Waals surface area contributed by atoms with Crippen LogP contribution in [0.25, 0.3) is 0 Å². The van der Waals surface area contributed by atoms with E-state index in [1.165, 1.54) is 12.8 Å². The second kappa shape index (κ2) is 6.09. The van der Waals surface area contributed by atoms with Gasteiger partial charge in [0, 0.05) is 6.61 Å². The van der Waals surface area contributed by atoms with Gasteiger partial charge in [0.05, 0.1) is 17.6 Å². The third-order valence-electron chi connectivity index (χ3n) is 2.90. The van der Waals surface area contributed by atoms with Gasteiger partial charge in [0.25, 0.3) is 0 Å². The van der Waals surface area contributed by atoms with E-state index in [-0.39, 0.29) is 5.41 Å². The highest BCUT2D eigenvalue weighted by molar-refractivity contribution is 4.91. The number of hydrogen-bond acceptors (Lipinski definition) is 3. The molecular weight excluding hydrogens is 188 g/mol. The molecule has 1 N–H and O–H groups in total. The highest BCUT2D eigenvalue weighted by Crippen LogP contribution is 2.17. The summed E-state index contributed by atoms with van der Waals surface area (Å²) in [4.78, 5) is 0. The molecule has 15 heavy (non-hydrogen) atoms. The van der Waals surface area contributed by atoms with Crippen LogP contribution in [-0.4, -0.2) is 25.8 Å². The quantitative estimate of drug-likeness (QED) is 0.683. The summed E-state index contributed by atoms with van der Waals surface area (Å²) in [6.45, 7) is 6.83. The molecule has 0 aromatic rings. The Hall–Kier alpha value is -0.590. The fourth-order valence-electron chi connectivity index (χ4n) is 1.72. The Labute approximate surface area is 92.8 Å². The van der Waals surface area contributed by atoms with Crippen LogP contribution in [0.4, 0.5) is 0 Å². The van der Waals surface area contributed by atoms with Gasteiger partial charge < -0.3 is 10.1 Å². The van der Waals surface area contributed by atoms with Crippen molar-refractivity contribution >= 4 is 0 Å². The first-order chi connectivity index (χ1) is 7.14. The lowest BCUT2D eigenvalue weighted by Gasteiger charge is -2.15. The van der Waals surface area contributed by atoms with Crippen LogP contribution in [0, 0.1) is 16.7 Å². The molecule has 1 saturated heterocycles. The van der Waals surface area contributed by atoms with Crippen LogP contribution in [0.5, 0.6) is 0 Å². The molecule has 1 rings (SSSR count). The minimum atomic E-state index is -0.198. The van der Waals surface area contributed by atoms with E-state index in [4.69, 9.17) is 10.00 Å². The van der Waals surface area contributed by atoms with Crippen LogP contribution in [0.1, 0.15) is 39.5 Å². The monoisotopic (exact) mass is 210 g/mol. The molecule has 1 atom stereocenters. The normalized spacial score (nSPS) is 21.5. The molecule has 0 aliphatic carbocycles. The third kappa shape index (κ3) is 5.15. The fraction of sp³-hybridized carbons (Fsp3) is 0.917. The van der Waals surface area contributed by atoms with E-state index >= 15 is 0 Å². The van der Waals surface area contributed by atoms with Crippen LogP contribution in [0.15, 0.2) is 0 Å². The van der Waals surface area contributed by atoms with Gasteiger partial charge in [0.15, 0.2) is 0 Å². The summed E-state index contributed by atoms with van der Waals surface area (Å²) >= 11 is 0. The predicted molar refractivity (Wildman–Crippen MR) is 60.5 cm³/mol. The van der Waals surface area contributed by atoms with Crippen molar-refractivity contribution in [3.63, 3.8) is 0 Å². The van der Waals surface area contributed by atoms with Crippen LogP contribution < -0.4 is 5.32 Å². The number of ether oxygens (including phenoxy) is 1. The van der Waals surface area contributed by atoms with Crippen LogP contribution in [0.2, 0.25) is 0 Å². The lowest BCUT2D eigenvalue weighted by Crippen LogP contribution is -2.24. The predicted octanol–water partition coefficient (Wildman–Crippen LogP) is 2.08. The zero-order valence-electron chi connectivity index (χ0n) is 9.88. The van der Waals surface area contributed by atoms with Crippen LogP contribution in [-0.2, 0) is 4.74 Å². The summed E-state index contributed by atoms with van der Waals surface area (Å²) < 4.78 is 5.53. The van der Waals surface area contributed by atoms with E-state index in [1.54, 1.807) is 0 Å². The van der Waals surface area contributed by atoms with E-state index in [0.717, 1.165) is 32.5 Å². The highest BCUT2D eigenvalue weighted by Gasteiger charge is 2.16. The Morgan fingerprint density at radius 3 is 2.87 bits per heavy atom. The molecule has 0 spiro atoms. The van der Waals surface area contributed by atoms with Crippen molar-refractivity contribution in [2.45, 2.75) is 45.6 Å². The van der Waals surface area contributed by atoms with Crippen molar-refractivity contribution in [1.82, 2.24) is 5.32 Å². The zero-order chi connectivity index (χ0) is 11.1. The SMILES string of the molecule is CC(C)(C#N)CCNCCC1CCCO1. The van der Waals surface area contributed by atoms with Crippen molar-refractivity contribution in [3.8, 4) is 6.07 Å². The van der Waals surface area contributed by atoms with Crippen molar-refractivity contribution in [2.24, 2.45) is 5.41 Å². The molecule has 0 saturated carbocycles. The van der Waals surface area contributed by atoms with Crippen LogP contribution in [0.3, 0.4) is 0 Å². The van der Waals surface area contributed by atoms with E-state index in [2.05, 4.69) is 11.4 Å². The average molecular weight is 210 g/mol. The topological polar surface area (TPSA) is 45.0 Å². The maximum absolute atomic E-state index is 8.83. The number of rotatable bonds is 6. The summed E-state index contributed by atoms with van der Waals surface area (Å²) in [6, 6.07) is 2.31. The molecular formula is C12H22N2O. The summed E-state index contributed by atoms with van der Waals surface area (Å²) in [5.41, 5.74) is -0.198. The molecule has 3 heteroatoms. The second-order valence-electron chi connectivity index (χ2n) is 4.92. The molecule has 0 bridgehead atoms. The molecule has 0 amide bonds. The van der Waals surface area contributed by atoms with Gasteiger partial charge in [-0.3, -0.25) is 0 Å². The highest BCUT2D eigenvalue weighted by atomic mass is 16.5. The Balaban J connectivity index is 1.95.